The Hall–Kier alpha value is -3.74. The average molecular weight is 419 g/mol. The Balaban J connectivity index is 3.06. The predicted octanol–water partition coefficient (Wildman–Crippen LogP) is 0.667. The number of hydrogen-bond donors (Lipinski definition) is 3. The number of phenolic OH excluding ortho intramolecular Hbond substituents is 1. The van der Waals surface area contributed by atoms with Crippen LogP contribution in [-0.2, 0) is 23.9 Å². The highest BCUT2D eigenvalue weighted by Crippen LogP contribution is 2.24. The Morgan fingerprint density at radius 2 is 1.87 bits per heavy atom. The second kappa shape index (κ2) is 10.7. The second-order valence-electron chi connectivity index (χ2n) is 7.04. The van der Waals surface area contributed by atoms with Crippen molar-refractivity contribution in [1.29, 1.82) is 0 Å². The number of benzene rings is 1. The SMILES string of the molecule is C#CN(C(=O)CNC(=O)OC(C)(C)C)C(C(=O)NCC(=O)OC)c1cccc(O)c1. The number of aromatic hydroxyl groups is 1. The molecule has 1 aromatic rings. The number of nitrogens with one attached hydrogen (secondary N) is 2. The van der Waals surface area contributed by atoms with Gasteiger partial charge < -0.3 is 25.2 Å². The molecule has 1 atom stereocenters. The lowest BCUT2D eigenvalue weighted by Gasteiger charge is -2.26. The zero-order valence-corrected chi connectivity index (χ0v) is 17.2. The maximum atomic E-state index is 12.7. The van der Waals surface area contributed by atoms with Crippen LogP contribution < -0.4 is 10.6 Å². The van der Waals surface area contributed by atoms with Crippen LogP contribution in [0.4, 0.5) is 4.79 Å². The zero-order chi connectivity index (χ0) is 22.9. The van der Waals surface area contributed by atoms with Crippen LogP contribution in [0.5, 0.6) is 5.75 Å². The van der Waals surface area contributed by atoms with Gasteiger partial charge in [0.05, 0.1) is 7.11 Å². The molecule has 0 aromatic heterocycles. The molecular weight excluding hydrogens is 394 g/mol. The van der Waals surface area contributed by atoms with E-state index in [-0.39, 0.29) is 11.3 Å². The van der Waals surface area contributed by atoms with Gasteiger partial charge in [-0.3, -0.25) is 19.3 Å². The fourth-order valence-corrected chi connectivity index (χ4v) is 2.28. The fourth-order valence-electron chi connectivity index (χ4n) is 2.28. The lowest BCUT2D eigenvalue weighted by atomic mass is 10.0. The van der Waals surface area contributed by atoms with Crippen molar-refractivity contribution in [3.63, 3.8) is 0 Å². The van der Waals surface area contributed by atoms with Crippen LogP contribution >= 0.6 is 0 Å². The monoisotopic (exact) mass is 419 g/mol. The van der Waals surface area contributed by atoms with Crippen LogP contribution in [0.3, 0.4) is 0 Å². The van der Waals surface area contributed by atoms with Gasteiger partial charge in [-0.05, 0) is 38.5 Å². The minimum absolute atomic E-state index is 0.158. The van der Waals surface area contributed by atoms with Gasteiger partial charge >= 0.3 is 12.1 Å². The number of terminal acetylenes is 1. The summed E-state index contributed by atoms with van der Waals surface area (Å²) in [6.07, 6.45) is 4.62. The number of hydrogen-bond acceptors (Lipinski definition) is 7. The van der Waals surface area contributed by atoms with Crippen LogP contribution in [0.25, 0.3) is 0 Å². The third-order valence-corrected chi connectivity index (χ3v) is 3.52. The number of nitrogens with zero attached hydrogens (tertiary/aromatic N) is 1. The molecule has 162 valence electrons. The molecule has 0 aliphatic carbocycles. The highest BCUT2D eigenvalue weighted by atomic mass is 16.6. The van der Waals surface area contributed by atoms with Crippen LogP contribution in [-0.4, -0.2) is 59.7 Å². The standard InChI is InChI=1S/C20H25N3O7/c1-6-23(15(25)11-22-19(28)30-20(2,3)4)17(13-8-7-9-14(24)10-13)18(27)21-12-16(26)29-5/h1,7-10,17,24H,11-12H2,2-5H3,(H,21,27)(H,22,28). The molecule has 1 aromatic carbocycles. The average Bonchev–Trinajstić information content (AvgIpc) is 2.66. The molecular formula is C20H25N3O7. The summed E-state index contributed by atoms with van der Waals surface area (Å²) in [5, 5.41) is 14.3. The number of carbonyl (C=O) groups excluding carboxylic acids is 4. The first kappa shape index (κ1) is 24.3. The van der Waals surface area contributed by atoms with E-state index in [1.807, 2.05) is 0 Å². The normalized spacial score (nSPS) is 11.4. The van der Waals surface area contributed by atoms with E-state index in [1.165, 1.54) is 24.3 Å². The summed E-state index contributed by atoms with van der Waals surface area (Å²) in [6.45, 7) is 3.98. The van der Waals surface area contributed by atoms with Gasteiger partial charge in [-0.1, -0.05) is 18.6 Å². The van der Waals surface area contributed by atoms with Crippen molar-refractivity contribution in [1.82, 2.24) is 15.5 Å². The number of alkyl carbamates (subject to hydrolysis) is 1. The number of phenols is 1. The molecule has 3 N–H and O–H groups in total. The number of ether oxygens (including phenoxy) is 2. The second-order valence-corrected chi connectivity index (χ2v) is 7.04. The molecule has 0 aliphatic rings. The van der Waals surface area contributed by atoms with Gasteiger partial charge in [-0.25, -0.2) is 4.79 Å². The Labute approximate surface area is 174 Å². The molecule has 0 radical (unpaired) electrons. The van der Waals surface area contributed by atoms with E-state index in [4.69, 9.17) is 11.2 Å². The quantitative estimate of drug-likeness (QED) is 0.336. The largest absolute Gasteiger partial charge is 0.508 e. The third-order valence-electron chi connectivity index (χ3n) is 3.52. The Morgan fingerprint density at radius 3 is 2.40 bits per heavy atom. The van der Waals surface area contributed by atoms with Gasteiger partial charge in [0.15, 0.2) is 0 Å². The third kappa shape index (κ3) is 7.71. The molecule has 0 heterocycles. The van der Waals surface area contributed by atoms with Gasteiger partial charge in [0.2, 0.25) is 5.91 Å². The van der Waals surface area contributed by atoms with E-state index in [1.54, 1.807) is 20.8 Å². The predicted molar refractivity (Wildman–Crippen MR) is 106 cm³/mol. The van der Waals surface area contributed by atoms with Crippen molar-refractivity contribution in [3.8, 4) is 18.2 Å². The van der Waals surface area contributed by atoms with Gasteiger partial charge in [0.25, 0.3) is 5.91 Å². The van der Waals surface area contributed by atoms with Crippen molar-refractivity contribution in [2.45, 2.75) is 32.4 Å². The zero-order valence-electron chi connectivity index (χ0n) is 17.2. The van der Waals surface area contributed by atoms with Gasteiger partial charge in [-0.2, -0.15) is 0 Å². The molecule has 0 saturated carbocycles. The smallest absolute Gasteiger partial charge is 0.408 e. The van der Waals surface area contributed by atoms with Crippen LogP contribution in [0.15, 0.2) is 24.3 Å². The van der Waals surface area contributed by atoms with E-state index in [0.717, 1.165) is 12.0 Å². The molecule has 0 bridgehead atoms. The Kier molecular flexibility index (Phi) is 8.67. The van der Waals surface area contributed by atoms with Crippen LogP contribution in [0.2, 0.25) is 0 Å². The topological polar surface area (TPSA) is 134 Å². The number of methoxy groups -OCH3 is 1. The van der Waals surface area contributed by atoms with Crippen molar-refractivity contribution < 1.29 is 33.8 Å². The molecule has 30 heavy (non-hydrogen) atoms. The minimum Gasteiger partial charge on any atom is -0.508 e. The first-order valence-corrected chi connectivity index (χ1v) is 8.87. The van der Waals surface area contributed by atoms with Crippen molar-refractivity contribution in [2.75, 3.05) is 20.2 Å². The molecule has 10 nitrogen and oxygen atoms in total. The summed E-state index contributed by atoms with van der Waals surface area (Å²) in [4.78, 5) is 49.2. The number of rotatable bonds is 7. The lowest BCUT2D eigenvalue weighted by Crippen LogP contribution is -2.46. The van der Waals surface area contributed by atoms with Gasteiger partial charge in [-0.15, -0.1) is 0 Å². The first-order chi connectivity index (χ1) is 14.0. The molecule has 3 amide bonds. The summed E-state index contributed by atoms with van der Waals surface area (Å²) >= 11 is 0. The molecule has 0 aliphatic heterocycles. The lowest BCUT2D eigenvalue weighted by molar-refractivity contribution is -0.142. The highest BCUT2D eigenvalue weighted by Gasteiger charge is 2.31. The number of esters is 1. The Bertz CT molecular complexity index is 840. The summed E-state index contributed by atoms with van der Waals surface area (Å²) < 4.78 is 9.52. The summed E-state index contributed by atoms with van der Waals surface area (Å²) in [5.41, 5.74) is -0.572. The maximum absolute atomic E-state index is 12.7. The van der Waals surface area contributed by atoms with Gasteiger partial charge in [0.1, 0.15) is 30.5 Å². The maximum Gasteiger partial charge on any atom is 0.408 e. The molecule has 1 rings (SSSR count). The molecule has 0 saturated heterocycles. The van der Waals surface area contributed by atoms with E-state index in [0.29, 0.717) is 0 Å². The number of carbonyl (C=O) groups is 4. The van der Waals surface area contributed by atoms with Crippen molar-refractivity contribution in [3.05, 3.63) is 29.8 Å². The van der Waals surface area contributed by atoms with Crippen LogP contribution in [0.1, 0.15) is 32.4 Å². The van der Waals surface area contributed by atoms with Gasteiger partial charge in [0, 0.05) is 6.04 Å². The van der Waals surface area contributed by atoms with Crippen LogP contribution in [0, 0.1) is 12.5 Å². The van der Waals surface area contributed by atoms with Crippen molar-refractivity contribution in [2.24, 2.45) is 0 Å². The first-order valence-electron chi connectivity index (χ1n) is 8.87. The van der Waals surface area contributed by atoms with E-state index in [2.05, 4.69) is 21.4 Å². The van der Waals surface area contributed by atoms with E-state index in [9.17, 15) is 24.3 Å². The van der Waals surface area contributed by atoms with Crippen molar-refractivity contribution >= 4 is 23.9 Å². The minimum atomic E-state index is -1.38. The van der Waals surface area contributed by atoms with E-state index < -0.39 is 48.6 Å². The fraction of sp³-hybridized carbons (Fsp3) is 0.400. The summed E-state index contributed by atoms with van der Waals surface area (Å²) in [6, 6.07) is 6.29. The molecule has 0 fully saturated rings. The molecule has 1 unspecified atom stereocenters. The van der Waals surface area contributed by atoms with E-state index >= 15 is 0 Å². The molecule has 10 heteroatoms. The molecule has 0 spiro atoms. The highest BCUT2D eigenvalue weighted by molar-refractivity contribution is 5.92. The number of amides is 3. The summed E-state index contributed by atoms with van der Waals surface area (Å²) in [7, 11) is 1.15. The summed E-state index contributed by atoms with van der Waals surface area (Å²) in [5.74, 6) is -2.43. The Morgan fingerprint density at radius 1 is 1.20 bits per heavy atom.